The van der Waals surface area contributed by atoms with E-state index in [-0.39, 0.29) is 5.91 Å². The predicted molar refractivity (Wildman–Crippen MR) is 76.4 cm³/mol. The smallest absolute Gasteiger partial charge is 0.247 e. The number of amides is 1. The van der Waals surface area contributed by atoms with E-state index >= 15 is 0 Å². The van der Waals surface area contributed by atoms with E-state index in [1.807, 2.05) is 0 Å². The molecule has 3 nitrogen and oxygen atoms in total. The molecule has 0 bridgehead atoms. The summed E-state index contributed by atoms with van der Waals surface area (Å²) in [5.74, 6) is -0.0403. The van der Waals surface area contributed by atoms with Crippen LogP contribution < -0.4 is 5.32 Å². The number of carbonyl (C=O) groups is 1. The maximum atomic E-state index is 11.5. The molecule has 0 heterocycles. The Morgan fingerprint density at radius 3 is 1.75 bits per heavy atom. The Bertz CT molecular complexity index is 263. The van der Waals surface area contributed by atoms with Gasteiger partial charge in [-0.3, -0.25) is 4.79 Å². The van der Waals surface area contributed by atoms with Gasteiger partial charge in [-0.25, -0.2) is 0 Å². The van der Waals surface area contributed by atoms with Crippen LogP contribution in [0.3, 0.4) is 0 Å². The number of rotatable bonds is 5. The van der Waals surface area contributed by atoms with Crippen molar-refractivity contribution >= 4 is 22.4 Å². The lowest BCUT2D eigenvalue weighted by atomic mass is 10.3. The zero-order valence-electron chi connectivity index (χ0n) is 11.8. The van der Waals surface area contributed by atoms with Gasteiger partial charge in [-0.15, -0.1) is 0 Å². The van der Waals surface area contributed by atoms with Gasteiger partial charge in [-0.2, -0.15) is 0 Å². The summed E-state index contributed by atoms with van der Waals surface area (Å²) >= 11 is 0. The number of carbonyl (C=O) groups excluding carboxylic acids is 1. The highest BCUT2D eigenvalue weighted by Crippen LogP contribution is 2.18. The Kier molecular flexibility index (Phi) is 5.16. The summed E-state index contributed by atoms with van der Waals surface area (Å²) in [7, 11) is -2.75. The topological polar surface area (TPSA) is 32.3 Å². The number of hydrogen-bond donors (Lipinski definition) is 1. The van der Waals surface area contributed by atoms with Crippen LogP contribution >= 0.6 is 0 Å². The number of nitrogens with one attached hydrogen (secondary N) is 1. The lowest BCUT2D eigenvalue weighted by molar-refractivity contribution is -0.117. The first kappa shape index (κ1) is 15.6. The SMILES string of the molecule is C=C(C)C(=O)NCN([Si](C)(C)C)[Si](C)(C)C. The van der Waals surface area contributed by atoms with E-state index in [9.17, 15) is 4.79 Å². The predicted octanol–water partition coefficient (Wildman–Crippen LogP) is 2.61. The molecule has 5 heteroatoms. The molecule has 0 aromatic heterocycles. The van der Waals surface area contributed by atoms with Crippen LogP contribution in [0.15, 0.2) is 12.2 Å². The van der Waals surface area contributed by atoms with E-state index in [1.165, 1.54) is 0 Å². The monoisotopic (exact) mass is 258 g/mol. The van der Waals surface area contributed by atoms with Gasteiger partial charge in [0, 0.05) is 5.57 Å². The van der Waals surface area contributed by atoms with Crippen molar-refractivity contribution in [1.29, 1.82) is 0 Å². The Labute approximate surface area is 102 Å². The average molecular weight is 259 g/mol. The van der Waals surface area contributed by atoms with Crippen molar-refractivity contribution in [2.75, 3.05) is 6.67 Å². The third-order valence-corrected chi connectivity index (χ3v) is 9.99. The minimum absolute atomic E-state index is 0.0403. The molecule has 0 aromatic rings. The molecule has 0 saturated carbocycles. The van der Waals surface area contributed by atoms with Crippen LogP contribution in [0.4, 0.5) is 0 Å². The van der Waals surface area contributed by atoms with Crippen LogP contribution in [0, 0.1) is 0 Å². The lowest BCUT2D eigenvalue weighted by Gasteiger charge is -2.43. The molecule has 0 aliphatic carbocycles. The van der Waals surface area contributed by atoms with Crippen molar-refractivity contribution in [3.63, 3.8) is 0 Å². The Morgan fingerprint density at radius 2 is 1.50 bits per heavy atom. The summed E-state index contributed by atoms with van der Waals surface area (Å²) < 4.78 is 2.53. The largest absolute Gasteiger partial charge is 0.341 e. The molecule has 0 unspecified atom stereocenters. The van der Waals surface area contributed by atoms with Crippen LogP contribution in [0.1, 0.15) is 6.92 Å². The molecule has 0 radical (unpaired) electrons. The van der Waals surface area contributed by atoms with Crippen molar-refractivity contribution in [2.24, 2.45) is 0 Å². The molecule has 1 amide bonds. The second-order valence-electron chi connectivity index (χ2n) is 6.21. The van der Waals surface area contributed by atoms with Gasteiger partial charge in [-0.1, -0.05) is 45.9 Å². The molecule has 16 heavy (non-hydrogen) atoms. The molecule has 0 saturated heterocycles. The van der Waals surface area contributed by atoms with Gasteiger partial charge in [0.05, 0.1) is 6.67 Å². The van der Waals surface area contributed by atoms with Gasteiger partial charge < -0.3 is 9.55 Å². The maximum Gasteiger partial charge on any atom is 0.247 e. The van der Waals surface area contributed by atoms with Crippen molar-refractivity contribution in [3.8, 4) is 0 Å². The van der Waals surface area contributed by atoms with Gasteiger partial charge in [0.15, 0.2) is 0 Å². The third kappa shape index (κ3) is 5.09. The first-order valence-electron chi connectivity index (χ1n) is 5.67. The van der Waals surface area contributed by atoms with E-state index < -0.39 is 16.5 Å². The molecule has 0 spiro atoms. The highest BCUT2D eigenvalue weighted by molar-refractivity contribution is 6.89. The molecule has 0 aliphatic rings. The summed E-state index contributed by atoms with van der Waals surface area (Å²) in [5, 5.41) is 2.95. The zero-order chi connectivity index (χ0) is 13.1. The van der Waals surface area contributed by atoms with E-state index in [1.54, 1.807) is 6.92 Å². The number of nitrogens with zero attached hydrogens (tertiary/aromatic N) is 1. The second kappa shape index (κ2) is 5.29. The van der Waals surface area contributed by atoms with E-state index in [0.717, 1.165) is 0 Å². The Balaban J connectivity index is 4.60. The van der Waals surface area contributed by atoms with E-state index in [0.29, 0.717) is 12.2 Å². The average Bonchev–Trinajstić information content (AvgIpc) is 1.98. The summed E-state index contributed by atoms with van der Waals surface area (Å²) in [6.45, 7) is 20.0. The molecule has 94 valence electrons. The molecule has 0 aromatic carbocycles. The molecular formula is C11H26N2OSi2. The molecule has 0 fully saturated rings. The number of hydrogen-bond acceptors (Lipinski definition) is 2. The highest BCUT2D eigenvalue weighted by atomic mass is 28.4. The standard InChI is InChI=1S/C11H26N2OSi2/c1-10(2)11(14)12-9-13(15(3,4)5)16(6,7)8/h1,9H2,2-8H3,(H,12,14). The van der Waals surface area contributed by atoms with Crippen LogP contribution in [-0.4, -0.2) is 33.3 Å². The molecular weight excluding hydrogens is 232 g/mol. The fourth-order valence-electron chi connectivity index (χ4n) is 1.78. The lowest BCUT2D eigenvalue weighted by Crippen LogP contribution is -2.62. The van der Waals surface area contributed by atoms with Gasteiger partial charge in [0.25, 0.3) is 0 Å². The summed E-state index contributed by atoms with van der Waals surface area (Å²) in [6.07, 6.45) is 0. The van der Waals surface area contributed by atoms with Gasteiger partial charge in [0.1, 0.15) is 16.5 Å². The van der Waals surface area contributed by atoms with Crippen LogP contribution in [0.25, 0.3) is 0 Å². The minimum atomic E-state index is -1.37. The van der Waals surface area contributed by atoms with E-state index in [4.69, 9.17) is 0 Å². The van der Waals surface area contributed by atoms with Gasteiger partial charge in [-0.05, 0) is 6.92 Å². The van der Waals surface area contributed by atoms with Crippen molar-refractivity contribution < 1.29 is 4.79 Å². The van der Waals surface area contributed by atoms with Gasteiger partial charge >= 0.3 is 0 Å². The van der Waals surface area contributed by atoms with Gasteiger partial charge in [0.2, 0.25) is 5.91 Å². The fraction of sp³-hybridized carbons (Fsp3) is 0.727. The Hall–Kier alpha value is -0.396. The second-order valence-corrected chi connectivity index (χ2v) is 16.4. The summed E-state index contributed by atoms with van der Waals surface area (Å²) in [6, 6.07) is 0. The van der Waals surface area contributed by atoms with Crippen LogP contribution in [-0.2, 0) is 4.79 Å². The Morgan fingerprint density at radius 1 is 1.12 bits per heavy atom. The van der Waals surface area contributed by atoms with Crippen molar-refractivity contribution in [2.45, 2.75) is 46.2 Å². The van der Waals surface area contributed by atoms with Crippen molar-refractivity contribution in [1.82, 2.24) is 9.55 Å². The highest BCUT2D eigenvalue weighted by Gasteiger charge is 2.34. The normalized spacial score (nSPS) is 12.8. The summed E-state index contributed by atoms with van der Waals surface area (Å²) in [4.78, 5) is 11.5. The fourth-order valence-corrected chi connectivity index (χ4v) is 10.9. The quantitative estimate of drug-likeness (QED) is 0.467. The minimum Gasteiger partial charge on any atom is -0.341 e. The first-order chi connectivity index (χ1) is 6.96. The zero-order valence-corrected chi connectivity index (χ0v) is 13.8. The van der Waals surface area contributed by atoms with E-state index in [2.05, 4.69) is 55.4 Å². The third-order valence-electron chi connectivity index (χ3n) is 2.40. The summed E-state index contributed by atoms with van der Waals surface area (Å²) in [5.41, 5.74) is 0.575. The molecule has 0 atom stereocenters. The molecule has 1 N–H and O–H groups in total. The first-order valence-corrected chi connectivity index (χ1v) is 12.6. The molecule has 0 aliphatic heterocycles. The van der Waals surface area contributed by atoms with Crippen LogP contribution in [0.2, 0.25) is 39.3 Å². The van der Waals surface area contributed by atoms with Crippen LogP contribution in [0.5, 0.6) is 0 Å². The maximum absolute atomic E-state index is 11.5. The van der Waals surface area contributed by atoms with Crippen molar-refractivity contribution in [3.05, 3.63) is 12.2 Å². The molecule has 0 rings (SSSR count).